The van der Waals surface area contributed by atoms with E-state index in [1.165, 1.54) is 0 Å². The molecule has 0 unspecified atom stereocenters. The Morgan fingerprint density at radius 2 is 1.92 bits per heavy atom. The highest BCUT2D eigenvalue weighted by Crippen LogP contribution is 2.31. The van der Waals surface area contributed by atoms with Crippen LogP contribution in [0, 0.1) is 6.92 Å². The van der Waals surface area contributed by atoms with Crippen LogP contribution in [0.5, 0.6) is 0 Å². The van der Waals surface area contributed by atoms with Crippen molar-refractivity contribution in [3.63, 3.8) is 0 Å². The van der Waals surface area contributed by atoms with E-state index in [1.807, 2.05) is 6.92 Å². The molecule has 1 heterocycles. The molecule has 0 spiro atoms. The fraction of sp³-hybridized carbons (Fsp3) is 0.778. The van der Waals surface area contributed by atoms with Gasteiger partial charge in [0.25, 0.3) is 0 Å². The lowest BCUT2D eigenvalue weighted by atomic mass is 9.86. The van der Waals surface area contributed by atoms with Crippen LogP contribution in [0.25, 0.3) is 0 Å². The summed E-state index contributed by atoms with van der Waals surface area (Å²) in [5.74, 6) is 1.90. The normalized spacial score (nSPS) is 29.1. The summed E-state index contributed by atoms with van der Waals surface area (Å²) in [7, 11) is 0. The summed E-state index contributed by atoms with van der Waals surface area (Å²) in [6.07, 6.45) is 4.32. The zero-order valence-electron chi connectivity index (χ0n) is 7.86. The molecular weight excluding hydrogens is 166 g/mol. The average Bonchev–Trinajstić information content (AvgIpc) is 2.53. The first kappa shape index (κ1) is 8.69. The number of nitrogens with two attached hydrogens (primary N) is 1. The predicted molar refractivity (Wildman–Crippen MR) is 48.2 cm³/mol. The lowest BCUT2D eigenvalue weighted by Gasteiger charge is -2.23. The van der Waals surface area contributed by atoms with Gasteiger partial charge in [-0.1, -0.05) is 0 Å². The zero-order chi connectivity index (χ0) is 9.26. The summed E-state index contributed by atoms with van der Waals surface area (Å²) in [6, 6.07) is 0.375. The topological polar surface area (TPSA) is 64.9 Å². The van der Waals surface area contributed by atoms with Gasteiger partial charge in [0.1, 0.15) is 0 Å². The molecule has 0 atom stereocenters. The average molecular weight is 181 g/mol. The van der Waals surface area contributed by atoms with Crippen molar-refractivity contribution in [1.82, 2.24) is 10.2 Å². The van der Waals surface area contributed by atoms with Gasteiger partial charge in [-0.25, -0.2) is 0 Å². The highest BCUT2D eigenvalue weighted by molar-refractivity contribution is 4.94. The summed E-state index contributed by atoms with van der Waals surface area (Å²) in [6.45, 7) is 1.82. The highest BCUT2D eigenvalue weighted by atomic mass is 16.4. The molecule has 0 bridgehead atoms. The molecule has 1 fully saturated rings. The Morgan fingerprint density at radius 1 is 1.23 bits per heavy atom. The van der Waals surface area contributed by atoms with Crippen LogP contribution < -0.4 is 5.73 Å². The van der Waals surface area contributed by atoms with Gasteiger partial charge in [0, 0.05) is 18.9 Å². The van der Waals surface area contributed by atoms with Gasteiger partial charge < -0.3 is 10.2 Å². The molecule has 1 saturated carbocycles. The van der Waals surface area contributed by atoms with E-state index in [1.54, 1.807) is 0 Å². The predicted octanol–water partition coefficient (Wildman–Crippen LogP) is 1.36. The molecule has 0 aliphatic heterocycles. The van der Waals surface area contributed by atoms with Gasteiger partial charge in [-0.2, -0.15) is 0 Å². The largest absolute Gasteiger partial charge is 0.425 e. The van der Waals surface area contributed by atoms with Crippen LogP contribution in [0.2, 0.25) is 0 Å². The molecular formula is C9H15N3O. The van der Waals surface area contributed by atoms with Gasteiger partial charge in [0.15, 0.2) is 0 Å². The molecule has 0 amide bonds. The molecule has 2 rings (SSSR count). The van der Waals surface area contributed by atoms with Crippen molar-refractivity contribution < 1.29 is 4.42 Å². The Balaban J connectivity index is 2.02. The second kappa shape index (κ2) is 3.46. The number of nitrogens with zero attached hydrogens (tertiary/aromatic N) is 2. The van der Waals surface area contributed by atoms with Crippen molar-refractivity contribution in [2.24, 2.45) is 5.73 Å². The minimum atomic E-state index is 0.375. The molecule has 1 aromatic heterocycles. The minimum Gasteiger partial charge on any atom is -0.425 e. The Kier molecular flexibility index (Phi) is 2.31. The molecule has 1 aliphatic rings. The highest BCUT2D eigenvalue weighted by Gasteiger charge is 2.23. The third-order valence-corrected chi connectivity index (χ3v) is 2.66. The van der Waals surface area contributed by atoms with Gasteiger partial charge >= 0.3 is 0 Å². The summed E-state index contributed by atoms with van der Waals surface area (Å²) in [5, 5.41) is 7.87. The molecule has 0 saturated heterocycles. The van der Waals surface area contributed by atoms with E-state index < -0.39 is 0 Å². The monoisotopic (exact) mass is 181 g/mol. The summed E-state index contributed by atoms with van der Waals surface area (Å²) < 4.78 is 5.40. The van der Waals surface area contributed by atoms with Gasteiger partial charge in [0.2, 0.25) is 11.8 Å². The lowest BCUT2D eigenvalue weighted by molar-refractivity contribution is 0.334. The van der Waals surface area contributed by atoms with E-state index >= 15 is 0 Å². The van der Waals surface area contributed by atoms with Crippen LogP contribution in [-0.2, 0) is 0 Å². The first-order chi connectivity index (χ1) is 6.25. The van der Waals surface area contributed by atoms with E-state index in [2.05, 4.69) is 10.2 Å². The van der Waals surface area contributed by atoms with Crippen molar-refractivity contribution in [3.05, 3.63) is 11.8 Å². The molecule has 4 nitrogen and oxygen atoms in total. The van der Waals surface area contributed by atoms with E-state index in [0.29, 0.717) is 17.9 Å². The summed E-state index contributed by atoms with van der Waals surface area (Å²) >= 11 is 0. The SMILES string of the molecule is Cc1nnc(C2CCC(N)CC2)o1. The maximum absolute atomic E-state index is 5.81. The quantitative estimate of drug-likeness (QED) is 0.710. The second-order valence-electron chi connectivity index (χ2n) is 3.77. The molecule has 1 aromatic rings. The van der Waals surface area contributed by atoms with Crippen LogP contribution in [0.3, 0.4) is 0 Å². The molecule has 0 aromatic carbocycles. The standard InChI is InChI=1S/C9H15N3O/c1-6-11-12-9(13-6)7-2-4-8(10)5-3-7/h7-8H,2-5,10H2,1H3. The van der Waals surface area contributed by atoms with E-state index in [9.17, 15) is 0 Å². The Labute approximate surface area is 77.5 Å². The van der Waals surface area contributed by atoms with Crippen LogP contribution in [0.4, 0.5) is 0 Å². The van der Waals surface area contributed by atoms with Gasteiger partial charge in [-0.3, -0.25) is 0 Å². The van der Waals surface area contributed by atoms with Crippen molar-refractivity contribution >= 4 is 0 Å². The third-order valence-electron chi connectivity index (χ3n) is 2.66. The van der Waals surface area contributed by atoms with Crippen LogP contribution in [0.1, 0.15) is 43.4 Å². The Morgan fingerprint density at radius 3 is 2.46 bits per heavy atom. The fourth-order valence-electron chi connectivity index (χ4n) is 1.84. The van der Waals surface area contributed by atoms with Gasteiger partial charge in [0.05, 0.1) is 0 Å². The van der Waals surface area contributed by atoms with Crippen LogP contribution in [-0.4, -0.2) is 16.2 Å². The van der Waals surface area contributed by atoms with Crippen molar-refractivity contribution in [2.75, 3.05) is 0 Å². The fourth-order valence-corrected chi connectivity index (χ4v) is 1.84. The van der Waals surface area contributed by atoms with E-state index in [4.69, 9.17) is 10.2 Å². The van der Waals surface area contributed by atoms with Crippen LogP contribution in [0.15, 0.2) is 4.42 Å². The molecule has 2 N–H and O–H groups in total. The maximum Gasteiger partial charge on any atom is 0.219 e. The molecule has 72 valence electrons. The van der Waals surface area contributed by atoms with Gasteiger partial charge in [-0.05, 0) is 25.7 Å². The smallest absolute Gasteiger partial charge is 0.219 e. The minimum absolute atomic E-state index is 0.375. The molecule has 0 radical (unpaired) electrons. The van der Waals surface area contributed by atoms with Gasteiger partial charge in [-0.15, -0.1) is 10.2 Å². The van der Waals surface area contributed by atoms with E-state index in [-0.39, 0.29) is 0 Å². The second-order valence-corrected chi connectivity index (χ2v) is 3.77. The molecule has 13 heavy (non-hydrogen) atoms. The van der Waals surface area contributed by atoms with Crippen molar-refractivity contribution in [1.29, 1.82) is 0 Å². The number of aromatic nitrogens is 2. The Bertz CT molecular complexity index is 276. The summed E-state index contributed by atoms with van der Waals surface area (Å²) in [4.78, 5) is 0. The maximum atomic E-state index is 5.81. The number of hydrogen-bond donors (Lipinski definition) is 1. The first-order valence-corrected chi connectivity index (χ1v) is 4.81. The number of aryl methyl sites for hydroxylation is 1. The third kappa shape index (κ3) is 1.88. The zero-order valence-corrected chi connectivity index (χ0v) is 7.86. The van der Waals surface area contributed by atoms with Crippen molar-refractivity contribution in [2.45, 2.75) is 44.6 Å². The lowest BCUT2D eigenvalue weighted by Crippen LogP contribution is -2.25. The van der Waals surface area contributed by atoms with Crippen molar-refractivity contribution in [3.8, 4) is 0 Å². The number of rotatable bonds is 1. The van der Waals surface area contributed by atoms with E-state index in [0.717, 1.165) is 31.6 Å². The summed E-state index contributed by atoms with van der Waals surface area (Å²) in [5.41, 5.74) is 5.81. The molecule has 4 heteroatoms. The van der Waals surface area contributed by atoms with Crippen LogP contribution >= 0.6 is 0 Å². The first-order valence-electron chi connectivity index (χ1n) is 4.81. The number of hydrogen-bond acceptors (Lipinski definition) is 4. The Hall–Kier alpha value is -0.900. The molecule has 1 aliphatic carbocycles.